The molecule has 6 rings (SSSR count). The summed E-state index contributed by atoms with van der Waals surface area (Å²) in [6.07, 6.45) is -9.38. The highest BCUT2D eigenvalue weighted by Gasteiger charge is 2.56. The van der Waals surface area contributed by atoms with E-state index in [2.05, 4.69) is 42.2 Å². The average molecular weight is 634 g/mol. The number of anilines is 2. The number of nitrogen functional groups attached to an aromatic ring is 2. The summed E-state index contributed by atoms with van der Waals surface area (Å²) in [5.74, 6) is -0.186. The van der Waals surface area contributed by atoms with Crippen molar-refractivity contribution in [2.24, 2.45) is 0 Å². The Labute approximate surface area is 238 Å². The quantitative estimate of drug-likeness (QED) is 0.0902. The summed E-state index contributed by atoms with van der Waals surface area (Å²) in [7, 11) is -4.23. The van der Waals surface area contributed by atoms with E-state index in [1.807, 2.05) is 0 Å². The van der Waals surface area contributed by atoms with Crippen LogP contribution in [0.25, 0.3) is 22.3 Å². The minimum absolute atomic E-state index is 0.0632. The van der Waals surface area contributed by atoms with Crippen LogP contribution in [-0.4, -0.2) is 104 Å². The Morgan fingerprint density at radius 1 is 1.05 bits per heavy atom. The number of aromatic amines is 1. The van der Waals surface area contributed by atoms with Crippen LogP contribution in [-0.2, 0) is 18.5 Å². The van der Waals surface area contributed by atoms with Crippen LogP contribution in [0.4, 0.5) is 20.5 Å². The molecule has 0 spiro atoms. The molecule has 4 aromatic rings. The van der Waals surface area contributed by atoms with Crippen LogP contribution < -0.4 is 17.0 Å². The van der Waals surface area contributed by atoms with Crippen molar-refractivity contribution in [1.82, 2.24) is 39.0 Å². The summed E-state index contributed by atoms with van der Waals surface area (Å²) < 4.78 is 54.9. The Hall–Kier alpha value is -3.14. The molecule has 2 fully saturated rings. The molecule has 9 atom stereocenters. The number of aliphatic hydroxyl groups excluding tert-OH is 2. The third kappa shape index (κ3) is 4.95. The lowest BCUT2D eigenvalue weighted by molar-refractivity contribution is -0.0557. The SMILES string of the molecule is Nc1nc2c(ncn2[C@@H]2O[C@H](CO)[C@H](F)[C@@H]2O[P+](O)(S)OC[C@H]2O[C@@H](n3cnc4c(N)ncnc43)[C@@H](F)[C@H]2O)c(=O)[nH]1. The monoisotopic (exact) mass is 633 g/mol. The molecule has 8 N–H and O–H groups in total. The number of alkyl halides is 2. The number of aliphatic hydroxyl groups is 2. The molecule has 0 amide bonds. The zero-order valence-corrected chi connectivity index (χ0v) is 22.9. The second-order valence-electron chi connectivity index (χ2n) is 9.41. The van der Waals surface area contributed by atoms with Crippen molar-refractivity contribution in [2.75, 3.05) is 24.7 Å². The third-order valence-electron chi connectivity index (χ3n) is 6.79. The standard InChI is InChI=1S/C20H23F2N10O8PS/c21-8-6(1-33)38-19(32-5-28-11-16(32)29-20(24)30-17(11)35)13(8)40-41(36,42)37-2-7-12(34)9(22)18(39-7)31-4-27-10-14(23)25-3-26-15(10)31/h3-9,12-13,18-19,33-34,36,42H,1-2H2,(H4-,23,24,25,26,29,30,35)/p+1/t6-,7-,8+,9+,12+,13+,18-,19-,41?/m1/s1. The number of hydrogen-bond acceptors (Lipinski definition) is 16. The van der Waals surface area contributed by atoms with Gasteiger partial charge in [0.25, 0.3) is 5.56 Å². The van der Waals surface area contributed by atoms with Gasteiger partial charge in [-0.15, -0.1) is 0 Å². The molecule has 0 aromatic carbocycles. The highest BCUT2D eigenvalue weighted by atomic mass is 32.7. The molecule has 42 heavy (non-hydrogen) atoms. The Morgan fingerprint density at radius 2 is 1.74 bits per heavy atom. The minimum Gasteiger partial charge on any atom is -0.394 e. The maximum Gasteiger partial charge on any atom is 0.476 e. The van der Waals surface area contributed by atoms with Gasteiger partial charge in [0, 0.05) is 0 Å². The lowest BCUT2D eigenvalue weighted by atomic mass is 10.1. The molecule has 0 aliphatic carbocycles. The summed E-state index contributed by atoms with van der Waals surface area (Å²) >= 11 is 4.02. The second kappa shape index (κ2) is 10.8. The van der Waals surface area contributed by atoms with E-state index in [1.165, 1.54) is 10.9 Å². The van der Waals surface area contributed by atoms with E-state index in [1.54, 1.807) is 0 Å². The number of nitrogens with one attached hydrogen (secondary N) is 1. The Kier molecular flexibility index (Phi) is 7.48. The van der Waals surface area contributed by atoms with Crippen molar-refractivity contribution in [2.45, 2.75) is 49.2 Å². The molecular formula is C20H24F2N10O8PS+. The number of H-pyrrole nitrogens is 1. The predicted octanol–water partition coefficient (Wildman–Crippen LogP) is -1.05. The largest absolute Gasteiger partial charge is 0.476 e. The number of rotatable bonds is 8. The highest BCUT2D eigenvalue weighted by molar-refractivity contribution is 8.47. The Bertz CT molecular complexity index is 1680. The average Bonchev–Trinajstić information content (AvgIpc) is 3.69. The third-order valence-corrected chi connectivity index (χ3v) is 8.42. The number of nitrogens with zero attached hydrogens (tertiary/aromatic N) is 7. The molecule has 226 valence electrons. The van der Waals surface area contributed by atoms with Gasteiger partial charge in [-0.2, -0.15) is 18.9 Å². The lowest BCUT2D eigenvalue weighted by Crippen LogP contribution is -2.33. The molecule has 0 saturated carbocycles. The number of hydrogen-bond donors (Lipinski definition) is 7. The number of fused-ring (bicyclic) bond motifs is 2. The van der Waals surface area contributed by atoms with Gasteiger partial charge in [0.1, 0.15) is 36.8 Å². The van der Waals surface area contributed by atoms with Gasteiger partial charge in [-0.3, -0.25) is 18.9 Å². The molecule has 0 radical (unpaired) electrons. The molecule has 2 aliphatic heterocycles. The molecule has 1 unspecified atom stereocenters. The van der Waals surface area contributed by atoms with Gasteiger partial charge < -0.3 is 31.2 Å². The van der Waals surface area contributed by atoms with Gasteiger partial charge in [0.2, 0.25) is 5.95 Å². The van der Waals surface area contributed by atoms with Crippen LogP contribution in [0, 0.1) is 0 Å². The van der Waals surface area contributed by atoms with Crippen molar-refractivity contribution < 1.29 is 42.4 Å². The highest BCUT2D eigenvalue weighted by Crippen LogP contribution is 2.64. The van der Waals surface area contributed by atoms with Gasteiger partial charge in [0.05, 0.1) is 31.5 Å². The maximum absolute atomic E-state index is 15.3. The van der Waals surface area contributed by atoms with E-state index in [0.717, 1.165) is 17.2 Å². The number of thiol groups is 1. The molecule has 4 aromatic heterocycles. The van der Waals surface area contributed by atoms with Gasteiger partial charge in [-0.1, -0.05) is 0 Å². The van der Waals surface area contributed by atoms with Crippen LogP contribution in [0.2, 0.25) is 0 Å². The lowest BCUT2D eigenvalue weighted by Gasteiger charge is -2.22. The zero-order chi connectivity index (χ0) is 29.9. The summed E-state index contributed by atoms with van der Waals surface area (Å²) in [6.45, 7) is -1.39. The van der Waals surface area contributed by atoms with Crippen LogP contribution >= 0.6 is 19.4 Å². The summed E-state index contributed by atoms with van der Waals surface area (Å²) in [5.41, 5.74) is 10.9. The molecule has 2 aliphatic rings. The Balaban J connectivity index is 1.18. The van der Waals surface area contributed by atoms with Crippen molar-refractivity contribution in [1.29, 1.82) is 0 Å². The van der Waals surface area contributed by atoms with Crippen LogP contribution in [0.1, 0.15) is 12.5 Å². The van der Waals surface area contributed by atoms with Gasteiger partial charge >= 0.3 is 7.15 Å². The smallest absolute Gasteiger partial charge is 0.394 e. The van der Waals surface area contributed by atoms with E-state index in [-0.39, 0.29) is 34.1 Å². The van der Waals surface area contributed by atoms with E-state index in [9.17, 15) is 19.9 Å². The normalized spacial score (nSPS) is 31.3. The first kappa shape index (κ1) is 29.0. The zero-order valence-electron chi connectivity index (χ0n) is 21.1. The summed E-state index contributed by atoms with van der Waals surface area (Å²) in [5, 5.41) is 20.1. The van der Waals surface area contributed by atoms with Gasteiger partial charge in [-0.05, 0) is 0 Å². The fourth-order valence-electron chi connectivity index (χ4n) is 4.79. The van der Waals surface area contributed by atoms with Crippen molar-refractivity contribution in [3.8, 4) is 0 Å². The first-order valence-corrected chi connectivity index (χ1v) is 14.9. The number of imidazole rings is 2. The summed E-state index contributed by atoms with van der Waals surface area (Å²) in [6, 6.07) is 0. The Morgan fingerprint density at radius 3 is 2.48 bits per heavy atom. The molecule has 18 nitrogen and oxygen atoms in total. The molecular weight excluding hydrogens is 609 g/mol. The topological polar surface area (TPSA) is 257 Å². The van der Waals surface area contributed by atoms with Crippen LogP contribution in [0.15, 0.2) is 23.8 Å². The minimum atomic E-state index is -4.23. The number of nitrogens with two attached hydrogens (primary N) is 2. The molecule has 22 heteroatoms. The predicted molar refractivity (Wildman–Crippen MR) is 142 cm³/mol. The first-order chi connectivity index (χ1) is 20.0. The van der Waals surface area contributed by atoms with E-state index >= 15 is 8.78 Å². The van der Waals surface area contributed by atoms with Gasteiger partial charge in [0.15, 0.2) is 53.5 Å². The molecule has 0 bridgehead atoms. The van der Waals surface area contributed by atoms with Crippen molar-refractivity contribution in [3.63, 3.8) is 0 Å². The van der Waals surface area contributed by atoms with E-state index in [0.29, 0.717) is 0 Å². The number of ether oxygens (including phenoxy) is 2. The first-order valence-electron chi connectivity index (χ1n) is 12.2. The van der Waals surface area contributed by atoms with Crippen LogP contribution in [0.5, 0.6) is 0 Å². The van der Waals surface area contributed by atoms with E-state index in [4.69, 9.17) is 30.0 Å². The molecule has 2 saturated heterocycles. The maximum atomic E-state index is 15.3. The van der Waals surface area contributed by atoms with E-state index < -0.39 is 75.1 Å². The molecule has 6 heterocycles. The number of aromatic nitrogens is 8. The van der Waals surface area contributed by atoms with Crippen molar-refractivity contribution in [3.05, 3.63) is 29.3 Å². The fourth-order valence-corrected chi connectivity index (χ4v) is 6.25. The summed E-state index contributed by atoms with van der Waals surface area (Å²) in [4.78, 5) is 45.2. The van der Waals surface area contributed by atoms with Gasteiger partial charge in [-0.25, -0.2) is 28.7 Å². The number of halogens is 2. The fraction of sp³-hybridized carbons (Fsp3) is 0.500. The second-order valence-corrected chi connectivity index (χ2v) is 12.4. The van der Waals surface area contributed by atoms with Crippen LogP contribution in [0.3, 0.4) is 0 Å². The van der Waals surface area contributed by atoms with Crippen molar-refractivity contribution >= 4 is 53.5 Å².